The van der Waals surface area contributed by atoms with Gasteiger partial charge in [0.2, 0.25) is 5.76 Å². The third kappa shape index (κ3) is 3.62. The lowest BCUT2D eigenvalue weighted by atomic mass is 9.86. The van der Waals surface area contributed by atoms with Gasteiger partial charge in [0.25, 0.3) is 5.91 Å². The highest BCUT2D eigenvalue weighted by molar-refractivity contribution is 6.32. The smallest absolute Gasteiger partial charge is 0.295 e. The lowest BCUT2D eigenvalue weighted by molar-refractivity contribution is 0.0971. The lowest BCUT2D eigenvalue weighted by Gasteiger charge is -2.26. The molecule has 0 saturated carbocycles. The Kier molecular flexibility index (Phi) is 5.34. The Labute approximate surface area is 207 Å². The van der Waals surface area contributed by atoms with Crippen LogP contribution in [0.1, 0.15) is 59.6 Å². The minimum absolute atomic E-state index is 0.0297. The van der Waals surface area contributed by atoms with Gasteiger partial charge >= 0.3 is 0 Å². The summed E-state index contributed by atoms with van der Waals surface area (Å²) in [6.45, 7) is 8.32. The summed E-state index contributed by atoms with van der Waals surface area (Å²) in [5, 5.41) is 1.32. The average molecular weight is 492 g/mol. The predicted molar refractivity (Wildman–Crippen MR) is 137 cm³/mol. The monoisotopic (exact) mass is 491 g/mol. The van der Waals surface area contributed by atoms with Crippen LogP contribution in [-0.2, 0) is 5.41 Å². The zero-order valence-corrected chi connectivity index (χ0v) is 20.8. The quantitative estimate of drug-likeness (QED) is 0.292. The van der Waals surface area contributed by atoms with E-state index in [4.69, 9.17) is 27.6 Å². The first kappa shape index (κ1) is 22.7. The van der Waals surface area contributed by atoms with E-state index in [0.717, 1.165) is 16.7 Å². The first-order valence-corrected chi connectivity index (χ1v) is 11.8. The topological polar surface area (TPSA) is 50.5 Å². The first-order valence-electron chi connectivity index (χ1n) is 11.0. The maximum atomic E-state index is 13.7. The number of carbonyl (C=O) groups is 1. The molecule has 4 nitrogen and oxygen atoms in total. The van der Waals surface area contributed by atoms with Crippen molar-refractivity contribution in [2.24, 2.45) is 0 Å². The molecular formula is C28H23Cl2NO3. The van der Waals surface area contributed by atoms with Crippen LogP contribution in [-0.4, -0.2) is 5.91 Å². The summed E-state index contributed by atoms with van der Waals surface area (Å²) in [6, 6.07) is 17.6. The van der Waals surface area contributed by atoms with E-state index >= 15 is 0 Å². The minimum Gasteiger partial charge on any atom is -0.450 e. The van der Waals surface area contributed by atoms with Crippen molar-refractivity contribution in [2.45, 2.75) is 39.2 Å². The Morgan fingerprint density at radius 1 is 0.912 bits per heavy atom. The van der Waals surface area contributed by atoms with Gasteiger partial charge in [0, 0.05) is 15.7 Å². The SMILES string of the molecule is Cc1ccc(N2C(=O)c3oc4ccc(Cl)cc4c(=O)c3C2c2ccc(C(C)(C)C)cc2)cc1Cl. The van der Waals surface area contributed by atoms with Crippen LogP contribution in [0.25, 0.3) is 11.0 Å². The van der Waals surface area contributed by atoms with Crippen LogP contribution >= 0.6 is 23.2 Å². The number of amides is 1. The molecule has 6 heteroatoms. The van der Waals surface area contributed by atoms with E-state index in [1.165, 1.54) is 0 Å². The van der Waals surface area contributed by atoms with Crippen molar-refractivity contribution < 1.29 is 9.21 Å². The molecule has 0 saturated heterocycles. The molecule has 1 aromatic heterocycles. The van der Waals surface area contributed by atoms with Gasteiger partial charge in [-0.3, -0.25) is 14.5 Å². The number of nitrogens with zero attached hydrogens (tertiary/aromatic N) is 1. The van der Waals surface area contributed by atoms with E-state index in [9.17, 15) is 9.59 Å². The maximum absolute atomic E-state index is 13.7. The molecule has 34 heavy (non-hydrogen) atoms. The van der Waals surface area contributed by atoms with Crippen molar-refractivity contribution in [3.8, 4) is 0 Å². The third-order valence-corrected chi connectivity index (χ3v) is 7.00. The number of halogens is 2. The number of hydrogen-bond acceptors (Lipinski definition) is 3. The number of rotatable bonds is 2. The normalized spacial score (nSPS) is 15.8. The van der Waals surface area contributed by atoms with Gasteiger partial charge in [-0.15, -0.1) is 0 Å². The molecule has 172 valence electrons. The van der Waals surface area contributed by atoms with Crippen LogP contribution in [0.15, 0.2) is 69.9 Å². The lowest BCUT2D eigenvalue weighted by Crippen LogP contribution is -2.29. The summed E-state index contributed by atoms with van der Waals surface area (Å²) < 4.78 is 6.00. The zero-order valence-electron chi connectivity index (χ0n) is 19.3. The Morgan fingerprint density at radius 2 is 1.62 bits per heavy atom. The van der Waals surface area contributed by atoms with Crippen LogP contribution in [0.5, 0.6) is 0 Å². The number of fused-ring (bicyclic) bond motifs is 2. The molecule has 0 radical (unpaired) electrons. The molecule has 1 aliphatic rings. The van der Waals surface area contributed by atoms with Crippen LogP contribution in [0.4, 0.5) is 5.69 Å². The number of aryl methyl sites for hydroxylation is 1. The van der Waals surface area contributed by atoms with Crippen molar-refractivity contribution in [2.75, 3.05) is 4.90 Å². The summed E-state index contributed by atoms with van der Waals surface area (Å²) in [4.78, 5) is 29.0. The van der Waals surface area contributed by atoms with Gasteiger partial charge in [0.1, 0.15) is 5.58 Å². The molecule has 1 amide bonds. The molecule has 1 aliphatic heterocycles. The standard InChI is InChI=1S/C28H23Cl2NO3/c1-15-5-11-19(14-21(15)30)31-24(16-6-8-17(9-7-16)28(2,3)4)23-25(32)20-13-18(29)10-12-22(20)34-26(23)27(31)33/h5-14,24H,1-4H3. The Balaban J connectivity index is 1.78. The summed E-state index contributed by atoms with van der Waals surface area (Å²) >= 11 is 12.6. The van der Waals surface area contributed by atoms with Gasteiger partial charge in [-0.05, 0) is 59.4 Å². The Bertz CT molecular complexity index is 1510. The van der Waals surface area contributed by atoms with E-state index < -0.39 is 6.04 Å². The minimum atomic E-state index is -0.657. The fraction of sp³-hybridized carbons (Fsp3) is 0.214. The molecule has 5 rings (SSSR count). The fourth-order valence-corrected chi connectivity index (χ4v) is 4.77. The second-order valence-corrected chi connectivity index (χ2v) is 10.5. The van der Waals surface area contributed by atoms with Crippen molar-refractivity contribution in [1.82, 2.24) is 0 Å². The summed E-state index contributed by atoms with van der Waals surface area (Å²) in [5.41, 5.74) is 3.80. The average Bonchev–Trinajstić information content (AvgIpc) is 3.08. The first-order chi connectivity index (χ1) is 16.1. The molecule has 0 N–H and O–H groups in total. The van der Waals surface area contributed by atoms with Crippen LogP contribution < -0.4 is 10.3 Å². The molecule has 0 fully saturated rings. The van der Waals surface area contributed by atoms with Crippen molar-refractivity contribution >= 4 is 45.8 Å². The van der Waals surface area contributed by atoms with Crippen LogP contribution in [0.3, 0.4) is 0 Å². The molecule has 2 heterocycles. The summed E-state index contributed by atoms with van der Waals surface area (Å²) in [5.74, 6) is -0.338. The number of carbonyl (C=O) groups excluding carboxylic acids is 1. The fourth-order valence-electron chi connectivity index (χ4n) is 4.42. The number of anilines is 1. The highest BCUT2D eigenvalue weighted by atomic mass is 35.5. The van der Waals surface area contributed by atoms with E-state index in [2.05, 4.69) is 20.8 Å². The molecule has 0 aliphatic carbocycles. The second-order valence-electron chi connectivity index (χ2n) is 9.70. The summed E-state index contributed by atoms with van der Waals surface area (Å²) in [7, 11) is 0. The maximum Gasteiger partial charge on any atom is 0.295 e. The van der Waals surface area contributed by atoms with E-state index in [-0.39, 0.29) is 22.5 Å². The van der Waals surface area contributed by atoms with Crippen molar-refractivity contribution in [1.29, 1.82) is 0 Å². The molecule has 1 atom stereocenters. The highest BCUT2D eigenvalue weighted by Gasteiger charge is 2.43. The van der Waals surface area contributed by atoms with Crippen molar-refractivity contribution in [3.63, 3.8) is 0 Å². The molecule has 0 bridgehead atoms. The van der Waals surface area contributed by atoms with Crippen molar-refractivity contribution in [3.05, 3.63) is 109 Å². The van der Waals surface area contributed by atoms with Gasteiger partial charge < -0.3 is 4.42 Å². The van der Waals surface area contributed by atoms with Crippen LogP contribution in [0.2, 0.25) is 10.0 Å². The van der Waals surface area contributed by atoms with Crippen LogP contribution in [0, 0.1) is 6.92 Å². The molecule has 0 spiro atoms. The molecular weight excluding hydrogens is 469 g/mol. The highest BCUT2D eigenvalue weighted by Crippen LogP contribution is 2.42. The molecule has 3 aromatic carbocycles. The van der Waals surface area contributed by atoms with Gasteiger partial charge in [-0.1, -0.05) is 74.3 Å². The Hall–Kier alpha value is -3.08. The molecule has 1 unspecified atom stereocenters. The van der Waals surface area contributed by atoms with Gasteiger partial charge in [0.15, 0.2) is 5.43 Å². The number of benzene rings is 3. The summed E-state index contributed by atoms with van der Waals surface area (Å²) in [6.07, 6.45) is 0. The number of hydrogen-bond donors (Lipinski definition) is 0. The molecule has 4 aromatic rings. The Morgan fingerprint density at radius 3 is 2.26 bits per heavy atom. The second kappa shape index (κ2) is 8.00. The van der Waals surface area contributed by atoms with Gasteiger partial charge in [-0.2, -0.15) is 0 Å². The largest absolute Gasteiger partial charge is 0.450 e. The van der Waals surface area contributed by atoms with E-state index in [1.54, 1.807) is 29.2 Å². The van der Waals surface area contributed by atoms with E-state index in [1.807, 2.05) is 43.3 Å². The zero-order chi connectivity index (χ0) is 24.4. The third-order valence-electron chi connectivity index (χ3n) is 6.36. The van der Waals surface area contributed by atoms with Gasteiger partial charge in [-0.25, -0.2) is 0 Å². The van der Waals surface area contributed by atoms with E-state index in [0.29, 0.717) is 32.3 Å². The van der Waals surface area contributed by atoms with Gasteiger partial charge in [0.05, 0.1) is 17.0 Å². The predicted octanol–water partition coefficient (Wildman–Crippen LogP) is 7.46.